The maximum atomic E-state index is 14.6. The van der Waals surface area contributed by atoms with Crippen molar-refractivity contribution in [1.29, 1.82) is 0 Å². The number of piperidine rings is 3. The van der Waals surface area contributed by atoms with Crippen LogP contribution in [0.2, 0.25) is 0 Å². The lowest BCUT2D eigenvalue weighted by atomic mass is 9.75. The Morgan fingerprint density at radius 1 is 1.18 bits per heavy atom. The third-order valence-corrected chi connectivity index (χ3v) is 6.53. The molecule has 6 nitrogen and oxygen atoms in total. The van der Waals surface area contributed by atoms with Crippen molar-refractivity contribution in [2.75, 3.05) is 19.6 Å². The summed E-state index contributed by atoms with van der Waals surface area (Å²) in [5.74, 6) is -1.93. The average molecular weight is 386 g/mol. The summed E-state index contributed by atoms with van der Waals surface area (Å²) in [6, 6.07) is 4.17. The van der Waals surface area contributed by atoms with E-state index in [1.165, 1.54) is 12.3 Å². The minimum Gasteiger partial charge on any atom is -0.332 e. The molecule has 0 aliphatic carbocycles. The van der Waals surface area contributed by atoms with Gasteiger partial charge in [-0.25, -0.2) is 13.8 Å². The second kappa shape index (κ2) is 6.48. The molecule has 1 amide bonds. The zero-order valence-electron chi connectivity index (χ0n) is 15.1. The Morgan fingerprint density at radius 2 is 1.96 bits per heavy atom. The molecule has 4 saturated heterocycles. The van der Waals surface area contributed by atoms with Crippen molar-refractivity contribution in [3.63, 3.8) is 0 Å². The van der Waals surface area contributed by atoms with Crippen LogP contribution in [0.15, 0.2) is 35.4 Å². The largest absolute Gasteiger partial charge is 0.332 e. The number of hydrogen-bond donors (Lipinski definition) is 1. The number of benzene rings is 1. The quantitative estimate of drug-likeness (QED) is 0.854. The zero-order chi connectivity index (χ0) is 19.4. The minimum absolute atomic E-state index is 0.0319. The van der Waals surface area contributed by atoms with Gasteiger partial charge < -0.3 is 9.88 Å². The van der Waals surface area contributed by atoms with Crippen LogP contribution in [-0.2, 0) is 0 Å². The molecule has 5 heterocycles. The van der Waals surface area contributed by atoms with E-state index in [-0.39, 0.29) is 35.2 Å². The monoisotopic (exact) mass is 386 g/mol. The van der Waals surface area contributed by atoms with Crippen LogP contribution in [0.5, 0.6) is 0 Å². The number of carbonyl (C=O) groups is 1. The molecule has 6 rings (SSSR count). The van der Waals surface area contributed by atoms with Gasteiger partial charge in [-0.05, 0) is 43.5 Å². The van der Waals surface area contributed by atoms with Gasteiger partial charge in [-0.15, -0.1) is 0 Å². The summed E-state index contributed by atoms with van der Waals surface area (Å²) in [5.41, 5.74) is 0.112. The van der Waals surface area contributed by atoms with Gasteiger partial charge in [0.25, 0.3) is 11.5 Å². The molecular weight excluding hydrogens is 366 g/mol. The fourth-order valence-corrected chi connectivity index (χ4v) is 5.34. The van der Waals surface area contributed by atoms with Crippen molar-refractivity contribution in [3.05, 3.63) is 63.8 Å². The minimum atomic E-state index is -0.864. The Balaban J connectivity index is 1.55. The van der Waals surface area contributed by atoms with E-state index in [2.05, 4.69) is 14.9 Å². The molecule has 0 radical (unpaired) electrons. The van der Waals surface area contributed by atoms with Gasteiger partial charge in [-0.3, -0.25) is 14.5 Å². The van der Waals surface area contributed by atoms with E-state index >= 15 is 0 Å². The Bertz CT molecular complexity index is 966. The van der Waals surface area contributed by atoms with Crippen molar-refractivity contribution < 1.29 is 13.6 Å². The van der Waals surface area contributed by atoms with Crippen LogP contribution in [0.1, 0.15) is 34.8 Å². The highest BCUT2D eigenvalue weighted by molar-refractivity contribution is 5.92. The van der Waals surface area contributed by atoms with E-state index in [9.17, 15) is 18.4 Å². The first-order valence-electron chi connectivity index (χ1n) is 9.58. The number of halogens is 2. The van der Waals surface area contributed by atoms with Crippen LogP contribution in [0.3, 0.4) is 0 Å². The Morgan fingerprint density at radius 3 is 2.68 bits per heavy atom. The predicted octanol–water partition coefficient (Wildman–Crippen LogP) is 1.75. The smallest absolute Gasteiger partial charge is 0.274 e. The molecule has 0 saturated carbocycles. The number of carbonyl (C=O) groups excluding carboxylic acids is 1. The number of aromatic nitrogens is 2. The number of nitrogens with zero attached hydrogens (tertiary/aromatic N) is 3. The molecule has 3 atom stereocenters. The number of aromatic amines is 1. The van der Waals surface area contributed by atoms with Gasteiger partial charge in [-0.1, -0.05) is 12.1 Å². The van der Waals surface area contributed by atoms with E-state index < -0.39 is 11.6 Å². The second-order valence-electron chi connectivity index (χ2n) is 7.86. The number of fused-ring (bicyclic) bond motifs is 2. The lowest BCUT2D eigenvalue weighted by Gasteiger charge is -2.51. The molecule has 146 valence electrons. The highest BCUT2D eigenvalue weighted by Gasteiger charge is 2.55. The Hall–Kier alpha value is -2.61. The first-order valence-corrected chi connectivity index (χ1v) is 9.58. The molecule has 28 heavy (non-hydrogen) atoms. The topological polar surface area (TPSA) is 69.3 Å². The van der Waals surface area contributed by atoms with Crippen molar-refractivity contribution >= 4 is 5.91 Å². The predicted molar refractivity (Wildman–Crippen MR) is 96.9 cm³/mol. The standard InChI is InChI=1S/C20H20F2N4O2/c21-14-3-1-2-12(17(14)22)13-10-26(20(28)15-8-24-16(27)9-23-15)18-11-4-6-25(7-5-11)19(13)18/h1-3,8-9,11,13,18-19H,4-7,10H2,(H,24,27)/t13-,18-,19-/m1/s1. The zero-order valence-corrected chi connectivity index (χ0v) is 15.1. The highest BCUT2D eigenvalue weighted by Crippen LogP contribution is 2.47. The van der Waals surface area contributed by atoms with E-state index in [1.54, 1.807) is 11.0 Å². The maximum Gasteiger partial charge on any atom is 0.274 e. The summed E-state index contributed by atoms with van der Waals surface area (Å²) in [6.45, 7) is 2.14. The van der Waals surface area contributed by atoms with Crippen LogP contribution in [0.4, 0.5) is 8.78 Å². The molecule has 1 N–H and O–H groups in total. The highest BCUT2D eigenvalue weighted by atomic mass is 19.2. The van der Waals surface area contributed by atoms with E-state index in [0.29, 0.717) is 18.0 Å². The number of hydrogen-bond acceptors (Lipinski definition) is 4. The number of nitrogens with one attached hydrogen (secondary N) is 1. The van der Waals surface area contributed by atoms with Gasteiger partial charge >= 0.3 is 0 Å². The van der Waals surface area contributed by atoms with Gasteiger partial charge in [0.05, 0.1) is 12.2 Å². The first kappa shape index (κ1) is 17.5. The average Bonchev–Trinajstić information content (AvgIpc) is 3.14. The van der Waals surface area contributed by atoms with Gasteiger partial charge in [0.15, 0.2) is 11.6 Å². The molecule has 4 aliphatic heterocycles. The van der Waals surface area contributed by atoms with Crippen LogP contribution in [0, 0.1) is 17.6 Å². The maximum absolute atomic E-state index is 14.6. The molecule has 8 heteroatoms. The fourth-order valence-electron chi connectivity index (χ4n) is 5.34. The van der Waals surface area contributed by atoms with Crippen molar-refractivity contribution in [2.24, 2.45) is 5.92 Å². The molecule has 0 spiro atoms. The summed E-state index contributed by atoms with van der Waals surface area (Å²) in [4.78, 5) is 35.0. The molecule has 4 fully saturated rings. The van der Waals surface area contributed by atoms with Crippen LogP contribution in [-0.4, -0.2) is 57.4 Å². The molecule has 0 unspecified atom stereocenters. The second-order valence-corrected chi connectivity index (χ2v) is 7.86. The Labute approximate surface area is 160 Å². The van der Waals surface area contributed by atoms with Crippen LogP contribution < -0.4 is 5.56 Å². The Kier molecular flexibility index (Phi) is 4.04. The van der Waals surface area contributed by atoms with Crippen molar-refractivity contribution in [2.45, 2.75) is 30.8 Å². The van der Waals surface area contributed by atoms with Crippen molar-refractivity contribution in [3.8, 4) is 0 Å². The molecular formula is C20H20F2N4O2. The lowest BCUT2D eigenvalue weighted by molar-refractivity contribution is -0.00378. The number of likely N-dealkylation sites (tertiary alicyclic amines) is 1. The summed E-state index contributed by atoms with van der Waals surface area (Å²) >= 11 is 0. The fraction of sp³-hybridized carbons (Fsp3) is 0.450. The molecule has 2 bridgehead atoms. The summed E-state index contributed by atoms with van der Waals surface area (Å²) in [5, 5.41) is 0. The van der Waals surface area contributed by atoms with Crippen LogP contribution >= 0.6 is 0 Å². The third-order valence-electron chi connectivity index (χ3n) is 6.53. The molecule has 4 aliphatic rings. The number of rotatable bonds is 2. The third kappa shape index (κ3) is 2.58. The number of H-pyrrole nitrogens is 1. The lowest BCUT2D eigenvalue weighted by Crippen LogP contribution is -2.60. The van der Waals surface area contributed by atoms with E-state index in [0.717, 1.165) is 38.2 Å². The molecule has 1 aromatic heterocycles. The van der Waals surface area contributed by atoms with Gasteiger partial charge in [0.1, 0.15) is 5.69 Å². The summed E-state index contributed by atoms with van der Waals surface area (Å²) in [6.07, 6.45) is 4.38. The van der Waals surface area contributed by atoms with E-state index in [1.807, 2.05) is 0 Å². The number of amides is 1. The van der Waals surface area contributed by atoms with Gasteiger partial charge in [-0.2, -0.15) is 0 Å². The van der Waals surface area contributed by atoms with Gasteiger partial charge in [0, 0.05) is 24.7 Å². The molecule has 1 aromatic carbocycles. The summed E-state index contributed by atoms with van der Waals surface area (Å²) < 4.78 is 28.5. The van der Waals surface area contributed by atoms with Crippen LogP contribution in [0.25, 0.3) is 0 Å². The van der Waals surface area contributed by atoms with E-state index in [4.69, 9.17) is 0 Å². The normalized spacial score (nSPS) is 31.1. The SMILES string of the molecule is O=C(c1c[nH]c(=O)cn1)N1C[C@H](c2cccc(F)c2F)[C@@H]2[C@H]1C1CCN2CC1. The molecule has 2 aromatic rings. The first-order chi connectivity index (χ1) is 13.5. The van der Waals surface area contributed by atoms with Gasteiger partial charge in [0.2, 0.25) is 0 Å². The van der Waals surface area contributed by atoms with Crippen molar-refractivity contribution in [1.82, 2.24) is 19.8 Å². The summed E-state index contributed by atoms with van der Waals surface area (Å²) in [7, 11) is 0.